The minimum absolute atomic E-state index is 0.170. The van der Waals surface area contributed by atoms with Crippen molar-refractivity contribution in [1.29, 1.82) is 0 Å². The fourth-order valence-corrected chi connectivity index (χ4v) is 5.97. The van der Waals surface area contributed by atoms with Crippen LogP contribution in [0.2, 0.25) is 0 Å². The standard InChI is InChI=1S/C27H29ClN3O10P/c1-16(2)39-24(34)17(3)30-42(37,41-20-10-6-8-18-7-4-5-9-19(18)20)38-15-21-23(33)27(36,12-13-28)25(40-21)31-14-11-22(32)29-26(31)35/h4-11,14,16-17,21,23,25,33,36H,15H2,1-3H3,(H,30,37)(H,29,32,35)/t17-,21+,23+,25+,27+,42?/m0/s1. The summed E-state index contributed by atoms with van der Waals surface area (Å²) in [4.78, 5) is 38.5. The van der Waals surface area contributed by atoms with Crippen LogP contribution in [0.3, 0.4) is 0 Å². The molecule has 13 nitrogen and oxygen atoms in total. The topological polar surface area (TPSA) is 178 Å². The molecule has 2 aromatic carbocycles. The second-order valence-electron chi connectivity index (χ2n) is 9.73. The first-order valence-corrected chi connectivity index (χ1v) is 14.7. The maximum absolute atomic E-state index is 14.1. The van der Waals surface area contributed by atoms with Crippen LogP contribution in [0.1, 0.15) is 27.0 Å². The summed E-state index contributed by atoms with van der Waals surface area (Å²) in [5.41, 5.74) is -4.11. The third-order valence-electron chi connectivity index (χ3n) is 6.27. The number of aromatic nitrogens is 2. The zero-order valence-corrected chi connectivity index (χ0v) is 24.4. The number of fused-ring (bicyclic) bond motifs is 1. The molecule has 4 N–H and O–H groups in total. The summed E-state index contributed by atoms with van der Waals surface area (Å²) in [5.74, 6) is 1.67. The Kier molecular flexibility index (Phi) is 9.60. The summed E-state index contributed by atoms with van der Waals surface area (Å²) in [5, 5.41) is 28.1. The van der Waals surface area contributed by atoms with E-state index in [1.165, 1.54) is 6.92 Å². The first-order chi connectivity index (χ1) is 19.9. The van der Waals surface area contributed by atoms with Gasteiger partial charge in [0.1, 0.15) is 24.0 Å². The van der Waals surface area contributed by atoms with Crippen molar-refractivity contribution >= 4 is 36.1 Å². The molecule has 224 valence electrons. The van der Waals surface area contributed by atoms with Gasteiger partial charge in [-0.25, -0.2) is 9.36 Å². The Morgan fingerprint density at radius 3 is 2.62 bits per heavy atom. The Labute approximate surface area is 244 Å². The molecule has 2 heterocycles. The predicted molar refractivity (Wildman–Crippen MR) is 152 cm³/mol. The van der Waals surface area contributed by atoms with Crippen molar-refractivity contribution in [2.24, 2.45) is 0 Å². The van der Waals surface area contributed by atoms with E-state index in [0.717, 1.165) is 22.2 Å². The number of aliphatic hydroxyl groups is 2. The summed E-state index contributed by atoms with van der Waals surface area (Å²) < 4.78 is 37.4. The van der Waals surface area contributed by atoms with E-state index in [1.54, 1.807) is 38.1 Å². The second-order valence-corrected chi connectivity index (χ2v) is 11.6. The van der Waals surface area contributed by atoms with Gasteiger partial charge in [0.2, 0.25) is 5.60 Å². The molecular formula is C27H29ClN3O10P. The number of aliphatic hydroxyl groups excluding tert-OH is 1. The first-order valence-electron chi connectivity index (χ1n) is 12.8. The molecule has 0 aliphatic carbocycles. The molecule has 0 saturated carbocycles. The van der Waals surface area contributed by atoms with Crippen LogP contribution in [0.5, 0.6) is 5.75 Å². The summed E-state index contributed by atoms with van der Waals surface area (Å²) in [6.07, 6.45) is -4.34. The number of carbonyl (C=O) groups is 1. The van der Waals surface area contributed by atoms with Gasteiger partial charge in [-0.2, -0.15) is 5.09 Å². The van der Waals surface area contributed by atoms with Gasteiger partial charge in [-0.1, -0.05) is 36.4 Å². The zero-order valence-electron chi connectivity index (χ0n) is 22.7. The number of hydrogen-bond donors (Lipinski definition) is 4. The predicted octanol–water partition coefficient (Wildman–Crippen LogP) is 2.01. The molecule has 1 saturated heterocycles. The van der Waals surface area contributed by atoms with Gasteiger partial charge in [-0.05, 0) is 49.7 Å². The molecule has 15 heteroatoms. The minimum Gasteiger partial charge on any atom is -0.462 e. The van der Waals surface area contributed by atoms with Gasteiger partial charge in [-0.3, -0.25) is 23.7 Å². The van der Waals surface area contributed by atoms with Crippen LogP contribution < -0.4 is 20.9 Å². The lowest BCUT2D eigenvalue weighted by Crippen LogP contribution is -2.48. The van der Waals surface area contributed by atoms with Crippen molar-refractivity contribution in [2.45, 2.75) is 57.0 Å². The van der Waals surface area contributed by atoms with Crippen LogP contribution in [0.4, 0.5) is 0 Å². The van der Waals surface area contributed by atoms with Crippen molar-refractivity contribution < 1.29 is 38.1 Å². The summed E-state index contributed by atoms with van der Waals surface area (Å²) in [7, 11) is -4.44. The Balaban J connectivity index is 1.64. The minimum atomic E-state index is -4.44. The van der Waals surface area contributed by atoms with E-state index in [9.17, 15) is 29.2 Å². The number of halogens is 1. The van der Waals surface area contributed by atoms with Crippen molar-refractivity contribution in [2.75, 3.05) is 6.61 Å². The van der Waals surface area contributed by atoms with E-state index in [2.05, 4.69) is 11.0 Å². The van der Waals surface area contributed by atoms with E-state index >= 15 is 0 Å². The van der Waals surface area contributed by atoms with Gasteiger partial charge in [0.25, 0.3) is 5.56 Å². The van der Waals surface area contributed by atoms with Crippen LogP contribution in [-0.2, 0) is 23.4 Å². The number of ether oxygens (including phenoxy) is 2. The molecule has 1 unspecified atom stereocenters. The molecule has 6 atom stereocenters. The molecule has 42 heavy (non-hydrogen) atoms. The molecule has 0 amide bonds. The van der Waals surface area contributed by atoms with E-state index in [4.69, 9.17) is 30.1 Å². The molecule has 0 spiro atoms. The Morgan fingerprint density at radius 1 is 1.21 bits per heavy atom. The number of nitrogens with zero attached hydrogens (tertiary/aromatic N) is 1. The van der Waals surface area contributed by atoms with E-state index < -0.39 is 67.8 Å². The fraction of sp³-hybridized carbons (Fsp3) is 0.370. The van der Waals surface area contributed by atoms with E-state index in [1.807, 2.05) is 28.6 Å². The lowest BCUT2D eigenvalue weighted by Gasteiger charge is -2.26. The third-order valence-corrected chi connectivity index (χ3v) is 7.99. The van der Waals surface area contributed by atoms with Gasteiger partial charge in [-0.15, -0.1) is 0 Å². The first kappa shape index (κ1) is 31.5. The fourth-order valence-electron chi connectivity index (χ4n) is 4.30. The molecule has 1 aromatic heterocycles. The number of benzene rings is 2. The number of carbonyl (C=O) groups excluding carboxylic acids is 1. The number of H-pyrrole nitrogens is 1. The van der Waals surface area contributed by atoms with Crippen molar-refractivity contribution in [3.63, 3.8) is 0 Å². The average Bonchev–Trinajstić information content (AvgIpc) is 3.17. The monoisotopic (exact) mass is 621 g/mol. The molecule has 0 radical (unpaired) electrons. The average molecular weight is 622 g/mol. The van der Waals surface area contributed by atoms with Gasteiger partial charge >= 0.3 is 19.4 Å². The zero-order chi connectivity index (χ0) is 30.7. The van der Waals surface area contributed by atoms with Crippen LogP contribution in [0, 0.1) is 11.3 Å². The maximum Gasteiger partial charge on any atom is 0.459 e. The molecule has 1 aliphatic rings. The van der Waals surface area contributed by atoms with Gasteiger partial charge in [0.15, 0.2) is 6.23 Å². The molecule has 3 aromatic rings. The number of aromatic amines is 1. The molecule has 0 bridgehead atoms. The van der Waals surface area contributed by atoms with Gasteiger partial charge < -0.3 is 24.2 Å². The highest BCUT2D eigenvalue weighted by molar-refractivity contribution is 7.52. The van der Waals surface area contributed by atoms with Crippen molar-refractivity contribution in [1.82, 2.24) is 14.6 Å². The Hall–Kier alpha value is -3.47. The van der Waals surface area contributed by atoms with E-state index in [-0.39, 0.29) is 5.75 Å². The van der Waals surface area contributed by atoms with Crippen LogP contribution in [0.15, 0.2) is 64.3 Å². The van der Waals surface area contributed by atoms with Crippen LogP contribution in [0.25, 0.3) is 10.8 Å². The van der Waals surface area contributed by atoms with Crippen molar-refractivity contribution in [3.8, 4) is 17.0 Å². The lowest BCUT2D eigenvalue weighted by molar-refractivity contribution is -0.149. The van der Waals surface area contributed by atoms with Crippen LogP contribution >= 0.6 is 19.3 Å². The highest BCUT2D eigenvalue weighted by Gasteiger charge is 2.56. The molecule has 1 aliphatic heterocycles. The van der Waals surface area contributed by atoms with Gasteiger partial charge in [0, 0.05) is 23.0 Å². The number of hydrogen-bond acceptors (Lipinski definition) is 10. The lowest BCUT2D eigenvalue weighted by atomic mass is 9.95. The SMILES string of the molecule is CC(C)OC(=O)[C@H](C)NP(=O)(OC[C@H]1O[C@@H](n2ccc(=O)[nH]c2=O)[C@@](O)(C#CCl)[C@@H]1O)Oc1cccc2ccccc12. The summed E-state index contributed by atoms with van der Waals surface area (Å²) >= 11 is 5.53. The summed E-state index contributed by atoms with van der Waals surface area (Å²) in [6, 6.07) is 12.1. The highest BCUT2D eigenvalue weighted by Crippen LogP contribution is 2.48. The third kappa shape index (κ3) is 6.77. The Morgan fingerprint density at radius 2 is 1.93 bits per heavy atom. The normalized spacial score (nSPS) is 24.0. The quantitative estimate of drug-likeness (QED) is 0.148. The molecular weight excluding hydrogens is 593 g/mol. The number of rotatable bonds is 10. The second kappa shape index (κ2) is 12.8. The van der Waals surface area contributed by atoms with Crippen molar-refractivity contribution in [3.05, 3.63) is 75.6 Å². The molecule has 1 fully saturated rings. The number of esters is 1. The molecule has 4 rings (SSSR count). The van der Waals surface area contributed by atoms with Gasteiger partial charge in [0.05, 0.1) is 12.7 Å². The Bertz CT molecular complexity index is 1680. The van der Waals surface area contributed by atoms with E-state index in [0.29, 0.717) is 5.39 Å². The smallest absolute Gasteiger partial charge is 0.459 e. The highest BCUT2D eigenvalue weighted by atomic mass is 35.5. The largest absolute Gasteiger partial charge is 0.462 e. The number of nitrogens with one attached hydrogen (secondary N) is 2. The van der Waals surface area contributed by atoms with Crippen LogP contribution in [-0.4, -0.2) is 62.3 Å². The maximum atomic E-state index is 14.1. The summed E-state index contributed by atoms with van der Waals surface area (Å²) in [6.45, 7) is 4.03.